The van der Waals surface area contributed by atoms with Crippen LogP contribution in [-0.2, 0) is 16.1 Å². The van der Waals surface area contributed by atoms with Gasteiger partial charge in [0.05, 0.1) is 19.8 Å². The van der Waals surface area contributed by atoms with E-state index in [4.69, 9.17) is 9.15 Å². The van der Waals surface area contributed by atoms with Gasteiger partial charge < -0.3 is 14.1 Å². The summed E-state index contributed by atoms with van der Waals surface area (Å²) in [5.74, 6) is 2.34. The summed E-state index contributed by atoms with van der Waals surface area (Å²) >= 11 is 0. The standard InChI is InChI=1S/C19H29N3O3/c1-15-2-3-16(25-15)14-21-7-6-18-17(21)4-5-19(23)22(18)9-8-20-10-12-24-13-11-20/h2-3,17-18H,4-14H2,1H3/t17-,18-/m0/s1. The molecular weight excluding hydrogens is 318 g/mol. The van der Waals surface area contributed by atoms with Crippen molar-refractivity contribution in [1.29, 1.82) is 0 Å². The highest BCUT2D eigenvalue weighted by Gasteiger charge is 2.43. The van der Waals surface area contributed by atoms with E-state index in [2.05, 4.69) is 20.8 Å². The molecule has 1 amide bonds. The smallest absolute Gasteiger partial charge is 0.222 e. The van der Waals surface area contributed by atoms with E-state index in [1.54, 1.807) is 0 Å². The molecule has 0 aliphatic carbocycles. The number of ether oxygens (including phenoxy) is 1. The average molecular weight is 347 g/mol. The number of likely N-dealkylation sites (tertiary alicyclic amines) is 2. The van der Waals surface area contributed by atoms with Crippen molar-refractivity contribution in [2.24, 2.45) is 0 Å². The Kier molecular flexibility index (Phi) is 5.10. The number of rotatable bonds is 5. The molecule has 0 aromatic carbocycles. The van der Waals surface area contributed by atoms with Crippen LogP contribution < -0.4 is 0 Å². The predicted octanol–water partition coefficient (Wildman–Crippen LogP) is 1.49. The lowest BCUT2D eigenvalue weighted by Crippen LogP contribution is -2.54. The molecular formula is C19H29N3O3. The molecule has 6 nitrogen and oxygen atoms in total. The van der Waals surface area contributed by atoms with Crippen molar-refractivity contribution < 1.29 is 13.9 Å². The second-order valence-corrected chi connectivity index (χ2v) is 7.49. The maximum Gasteiger partial charge on any atom is 0.222 e. The Bertz CT molecular complexity index is 596. The van der Waals surface area contributed by atoms with Crippen LogP contribution in [0.3, 0.4) is 0 Å². The average Bonchev–Trinajstić information content (AvgIpc) is 3.22. The normalized spacial score (nSPS) is 28.5. The molecule has 2 atom stereocenters. The minimum absolute atomic E-state index is 0.338. The minimum atomic E-state index is 0.338. The topological polar surface area (TPSA) is 49.2 Å². The van der Waals surface area contributed by atoms with Gasteiger partial charge in [0.1, 0.15) is 11.5 Å². The number of morpholine rings is 1. The highest BCUT2D eigenvalue weighted by Crippen LogP contribution is 2.32. The summed E-state index contributed by atoms with van der Waals surface area (Å²) in [7, 11) is 0. The number of furan rings is 1. The summed E-state index contributed by atoms with van der Waals surface area (Å²) in [6.45, 7) is 9.33. The quantitative estimate of drug-likeness (QED) is 0.808. The Hall–Kier alpha value is -1.37. The fourth-order valence-electron chi connectivity index (χ4n) is 4.57. The highest BCUT2D eigenvalue weighted by molar-refractivity contribution is 5.77. The molecule has 0 bridgehead atoms. The van der Waals surface area contributed by atoms with Crippen LogP contribution in [0.2, 0.25) is 0 Å². The molecule has 0 spiro atoms. The number of carbonyl (C=O) groups is 1. The van der Waals surface area contributed by atoms with Crippen molar-refractivity contribution in [3.8, 4) is 0 Å². The molecule has 1 aromatic rings. The molecule has 3 aliphatic heterocycles. The number of fused-ring (bicyclic) bond motifs is 1. The first-order chi connectivity index (χ1) is 12.2. The summed E-state index contributed by atoms with van der Waals surface area (Å²) in [6.07, 6.45) is 2.74. The molecule has 4 rings (SSSR count). The molecule has 0 radical (unpaired) electrons. The predicted molar refractivity (Wildman–Crippen MR) is 94.3 cm³/mol. The van der Waals surface area contributed by atoms with Gasteiger partial charge >= 0.3 is 0 Å². The summed E-state index contributed by atoms with van der Waals surface area (Å²) in [6, 6.07) is 4.96. The first-order valence-corrected chi connectivity index (χ1v) is 9.59. The third-order valence-corrected chi connectivity index (χ3v) is 5.92. The van der Waals surface area contributed by atoms with Crippen molar-refractivity contribution in [2.75, 3.05) is 45.9 Å². The molecule has 4 heterocycles. The van der Waals surface area contributed by atoms with E-state index in [0.29, 0.717) is 24.4 Å². The fraction of sp³-hybridized carbons (Fsp3) is 0.737. The first-order valence-electron chi connectivity index (χ1n) is 9.59. The van der Waals surface area contributed by atoms with E-state index < -0.39 is 0 Å². The van der Waals surface area contributed by atoms with Crippen molar-refractivity contribution in [3.63, 3.8) is 0 Å². The van der Waals surface area contributed by atoms with Crippen LogP contribution >= 0.6 is 0 Å². The lowest BCUT2D eigenvalue weighted by Gasteiger charge is -2.41. The molecule has 0 unspecified atom stereocenters. The van der Waals surface area contributed by atoms with Crippen LogP contribution in [0.15, 0.2) is 16.5 Å². The third-order valence-electron chi connectivity index (χ3n) is 5.92. The Balaban J connectivity index is 1.37. The molecule has 25 heavy (non-hydrogen) atoms. The van der Waals surface area contributed by atoms with Crippen LogP contribution in [0.5, 0.6) is 0 Å². The molecule has 6 heteroatoms. The van der Waals surface area contributed by atoms with Crippen molar-refractivity contribution in [2.45, 2.75) is 44.8 Å². The van der Waals surface area contributed by atoms with E-state index >= 15 is 0 Å². The molecule has 3 saturated heterocycles. The van der Waals surface area contributed by atoms with Crippen LogP contribution in [0.4, 0.5) is 0 Å². The Morgan fingerprint density at radius 1 is 1.08 bits per heavy atom. The van der Waals surface area contributed by atoms with Crippen LogP contribution in [0.25, 0.3) is 0 Å². The summed E-state index contributed by atoms with van der Waals surface area (Å²) in [4.78, 5) is 19.6. The summed E-state index contributed by atoms with van der Waals surface area (Å²) in [5, 5.41) is 0. The van der Waals surface area contributed by atoms with Gasteiger partial charge in [-0.2, -0.15) is 0 Å². The number of hydrogen-bond donors (Lipinski definition) is 0. The number of nitrogens with zero attached hydrogens (tertiary/aromatic N) is 3. The highest BCUT2D eigenvalue weighted by atomic mass is 16.5. The van der Waals surface area contributed by atoms with Crippen LogP contribution in [0, 0.1) is 6.92 Å². The Morgan fingerprint density at radius 3 is 2.68 bits per heavy atom. The van der Waals surface area contributed by atoms with Gasteiger partial charge in [0.25, 0.3) is 0 Å². The van der Waals surface area contributed by atoms with Gasteiger partial charge in [0.15, 0.2) is 0 Å². The number of aryl methyl sites for hydroxylation is 1. The van der Waals surface area contributed by atoms with Crippen LogP contribution in [-0.4, -0.2) is 78.6 Å². The van der Waals surface area contributed by atoms with Gasteiger partial charge in [-0.25, -0.2) is 0 Å². The molecule has 1 aromatic heterocycles. The summed E-state index contributed by atoms with van der Waals surface area (Å²) < 4.78 is 11.2. The van der Waals surface area contributed by atoms with Gasteiger partial charge in [-0.15, -0.1) is 0 Å². The zero-order valence-electron chi connectivity index (χ0n) is 15.2. The minimum Gasteiger partial charge on any atom is -0.465 e. The van der Waals surface area contributed by atoms with E-state index in [1.165, 1.54) is 0 Å². The van der Waals surface area contributed by atoms with Crippen LogP contribution in [0.1, 0.15) is 30.8 Å². The van der Waals surface area contributed by atoms with E-state index in [9.17, 15) is 4.79 Å². The molecule has 3 aliphatic rings. The van der Waals surface area contributed by atoms with E-state index in [-0.39, 0.29) is 0 Å². The second kappa shape index (κ2) is 7.48. The van der Waals surface area contributed by atoms with Crippen molar-refractivity contribution in [3.05, 3.63) is 23.7 Å². The maximum absolute atomic E-state index is 12.5. The second-order valence-electron chi connectivity index (χ2n) is 7.49. The number of carbonyl (C=O) groups excluding carboxylic acids is 1. The number of amides is 1. The van der Waals surface area contributed by atoms with E-state index in [1.807, 2.05) is 13.0 Å². The molecule has 138 valence electrons. The zero-order chi connectivity index (χ0) is 17.2. The van der Waals surface area contributed by atoms with Crippen molar-refractivity contribution in [1.82, 2.24) is 14.7 Å². The molecule has 3 fully saturated rings. The Morgan fingerprint density at radius 2 is 1.92 bits per heavy atom. The fourth-order valence-corrected chi connectivity index (χ4v) is 4.57. The first kappa shape index (κ1) is 17.1. The largest absolute Gasteiger partial charge is 0.465 e. The molecule has 0 N–H and O–H groups in total. The third kappa shape index (κ3) is 3.76. The SMILES string of the molecule is Cc1ccc(CN2CC[C@H]3[C@@H]2CCC(=O)N3CCN2CCOCC2)o1. The van der Waals surface area contributed by atoms with Gasteiger partial charge in [-0.05, 0) is 31.9 Å². The maximum atomic E-state index is 12.5. The van der Waals surface area contributed by atoms with Gasteiger partial charge in [0.2, 0.25) is 5.91 Å². The molecule has 0 saturated carbocycles. The van der Waals surface area contributed by atoms with Gasteiger partial charge in [-0.1, -0.05) is 0 Å². The van der Waals surface area contributed by atoms with Crippen molar-refractivity contribution >= 4 is 5.91 Å². The zero-order valence-corrected chi connectivity index (χ0v) is 15.2. The monoisotopic (exact) mass is 347 g/mol. The van der Waals surface area contributed by atoms with Gasteiger partial charge in [0, 0.05) is 51.2 Å². The Labute approximate surface area is 149 Å². The van der Waals surface area contributed by atoms with Gasteiger partial charge in [-0.3, -0.25) is 14.6 Å². The number of piperidine rings is 1. The van der Waals surface area contributed by atoms with E-state index in [0.717, 1.165) is 76.8 Å². The lowest BCUT2D eigenvalue weighted by molar-refractivity contribution is -0.138. The lowest BCUT2D eigenvalue weighted by atomic mass is 9.96. The summed E-state index contributed by atoms with van der Waals surface area (Å²) in [5.41, 5.74) is 0. The number of hydrogen-bond acceptors (Lipinski definition) is 5.